The van der Waals surface area contributed by atoms with Gasteiger partial charge < -0.3 is 20.0 Å². The number of carboxylic acid groups (broad SMARTS) is 1. The summed E-state index contributed by atoms with van der Waals surface area (Å²) in [5.41, 5.74) is 3.99. The highest BCUT2D eigenvalue weighted by atomic mass is 32.2. The molecule has 0 spiro atoms. The van der Waals surface area contributed by atoms with E-state index >= 15 is 4.39 Å². The maximum Gasteiger partial charge on any atom is 0.490 e. The zero-order valence-electron chi connectivity index (χ0n) is 23.8. The van der Waals surface area contributed by atoms with E-state index in [1.165, 1.54) is 24.3 Å². The van der Waals surface area contributed by atoms with Crippen molar-refractivity contribution in [1.29, 1.82) is 0 Å². The number of rotatable bonds is 8. The van der Waals surface area contributed by atoms with Crippen molar-refractivity contribution in [2.24, 2.45) is 0 Å². The fourth-order valence-electron chi connectivity index (χ4n) is 4.22. The van der Waals surface area contributed by atoms with Crippen molar-refractivity contribution < 1.29 is 31.9 Å². The van der Waals surface area contributed by atoms with Crippen LogP contribution < -0.4 is 14.9 Å². The lowest BCUT2D eigenvalue weighted by Crippen LogP contribution is -2.43. The van der Waals surface area contributed by atoms with Gasteiger partial charge in [0.05, 0.1) is 11.4 Å². The van der Waals surface area contributed by atoms with Crippen LogP contribution in [0.25, 0.3) is 28.1 Å². The topological polar surface area (TPSA) is 98.5 Å². The van der Waals surface area contributed by atoms with Crippen LogP contribution in [-0.2, 0) is 4.79 Å². The first kappa shape index (κ1) is 32.7. The van der Waals surface area contributed by atoms with Gasteiger partial charge in [0.15, 0.2) is 5.82 Å². The largest absolute Gasteiger partial charge is 0.490 e. The molecule has 1 saturated heterocycles. The number of hydrogen-bond acceptors (Lipinski definition) is 8. The van der Waals surface area contributed by atoms with Crippen LogP contribution in [0.5, 0.6) is 0 Å². The molecule has 2 aromatic carbocycles. The third-order valence-corrected chi connectivity index (χ3v) is 7.47. The Morgan fingerprint density at radius 1 is 1.05 bits per heavy atom. The fourth-order valence-corrected chi connectivity index (χ4v) is 4.75. The van der Waals surface area contributed by atoms with Crippen LogP contribution in [0.2, 0.25) is 0 Å². The quantitative estimate of drug-likeness (QED) is 0.163. The second-order valence-corrected chi connectivity index (χ2v) is 10.6. The molecule has 44 heavy (non-hydrogen) atoms. The van der Waals surface area contributed by atoms with Gasteiger partial charge in [-0.2, -0.15) is 18.3 Å². The van der Waals surface area contributed by atoms with Gasteiger partial charge in [-0.15, -0.1) is 0 Å². The molecular formula is C29H30F5N7O2S. The summed E-state index contributed by atoms with van der Waals surface area (Å²) in [6, 6.07) is 14.1. The summed E-state index contributed by atoms with van der Waals surface area (Å²) in [4.78, 5) is 15.3. The highest BCUT2D eigenvalue weighted by molar-refractivity contribution is 7.98. The monoisotopic (exact) mass is 635 g/mol. The van der Waals surface area contributed by atoms with Crippen LogP contribution in [0, 0.1) is 11.6 Å². The molecule has 1 aliphatic heterocycles. The molecule has 9 nitrogen and oxygen atoms in total. The molecular weight excluding hydrogens is 605 g/mol. The normalized spacial score (nSPS) is 13.4. The van der Waals surface area contributed by atoms with Crippen molar-refractivity contribution in [3.8, 4) is 28.1 Å². The molecule has 1 fully saturated rings. The maximum absolute atomic E-state index is 15.7. The molecule has 0 saturated carbocycles. The summed E-state index contributed by atoms with van der Waals surface area (Å²) < 4.78 is 68.7. The van der Waals surface area contributed by atoms with E-state index in [4.69, 9.17) is 15.0 Å². The zero-order chi connectivity index (χ0) is 31.9. The summed E-state index contributed by atoms with van der Waals surface area (Å²) in [5.74, 6) is -3.83. The number of piperazine rings is 1. The highest BCUT2D eigenvalue weighted by Crippen LogP contribution is 2.37. The number of alkyl halides is 3. The van der Waals surface area contributed by atoms with Crippen LogP contribution in [0.1, 0.15) is 6.92 Å². The molecule has 3 heterocycles. The van der Waals surface area contributed by atoms with E-state index < -0.39 is 23.8 Å². The zero-order valence-corrected chi connectivity index (χ0v) is 24.6. The minimum absolute atomic E-state index is 0.0779. The minimum Gasteiger partial charge on any atom is -0.475 e. The van der Waals surface area contributed by atoms with Gasteiger partial charge >= 0.3 is 12.1 Å². The van der Waals surface area contributed by atoms with Crippen LogP contribution >= 0.6 is 12.1 Å². The number of nitrogens with one attached hydrogen (secondary N) is 2. The summed E-state index contributed by atoms with van der Waals surface area (Å²) in [5, 5.41) is 15.3. The molecule has 1 aliphatic rings. The molecule has 0 aliphatic carbocycles. The van der Waals surface area contributed by atoms with Crippen molar-refractivity contribution >= 4 is 29.5 Å². The van der Waals surface area contributed by atoms with Crippen LogP contribution in [0.15, 0.2) is 67.1 Å². The van der Waals surface area contributed by atoms with Crippen LogP contribution in [0.3, 0.4) is 0 Å². The lowest BCUT2D eigenvalue weighted by molar-refractivity contribution is -0.192. The van der Waals surface area contributed by atoms with E-state index in [1.807, 2.05) is 42.5 Å². The molecule has 0 unspecified atom stereocenters. The molecule has 3 N–H and O–H groups in total. The van der Waals surface area contributed by atoms with Crippen molar-refractivity contribution in [2.75, 3.05) is 49.4 Å². The number of aromatic nitrogens is 3. The Morgan fingerprint density at radius 3 is 2.25 bits per heavy atom. The van der Waals surface area contributed by atoms with Gasteiger partial charge in [0.25, 0.3) is 0 Å². The average molecular weight is 636 g/mol. The Labute approximate surface area is 255 Å². The smallest absolute Gasteiger partial charge is 0.475 e. The third-order valence-electron chi connectivity index (χ3n) is 6.59. The Balaban J connectivity index is 0.000000566. The number of aliphatic carboxylic acids is 1. The Kier molecular flexibility index (Phi) is 10.8. The summed E-state index contributed by atoms with van der Waals surface area (Å²) in [6.45, 7) is 6.56. The fraction of sp³-hybridized carbons (Fsp3) is 0.276. The number of carboxylic acids is 1. The highest BCUT2D eigenvalue weighted by Gasteiger charge is 2.38. The van der Waals surface area contributed by atoms with Gasteiger partial charge in [0, 0.05) is 91.9 Å². The van der Waals surface area contributed by atoms with Gasteiger partial charge in [0.2, 0.25) is 0 Å². The first-order chi connectivity index (χ1) is 21.0. The second-order valence-electron chi connectivity index (χ2n) is 9.58. The van der Waals surface area contributed by atoms with Crippen LogP contribution in [0.4, 0.5) is 33.3 Å². The Morgan fingerprint density at radius 2 is 1.66 bits per heavy atom. The van der Waals surface area contributed by atoms with E-state index in [2.05, 4.69) is 32.1 Å². The van der Waals surface area contributed by atoms with Gasteiger partial charge in [0.1, 0.15) is 11.5 Å². The summed E-state index contributed by atoms with van der Waals surface area (Å²) in [6.07, 6.45) is -0.0123. The van der Waals surface area contributed by atoms with Gasteiger partial charge in [-0.3, -0.25) is 4.98 Å². The van der Waals surface area contributed by atoms with Crippen LogP contribution in [-0.4, -0.2) is 76.1 Å². The molecule has 0 atom stereocenters. The van der Waals surface area contributed by atoms with E-state index in [1.54, 1.807) is 23.3 Å². The van der Waals surface area contributed by atoms with Crippen molar-refractivity contribution in [2.45, 2.75) is 13.1 Å². The SMILES string of the molecule is CCN(C)SNc1cc(F)cc(-c2cn(-c3ccc(N4CCNCC4)cc3)nc2-c2ccncc2)c1F.O=C(O)C(F)(F)F. The summed E-state index contributed by atoms with van der Waals surface area (Å²) in [7, 11) is 1.87. The van der Waals surface area contributed by atoms with E-state index in [0.717, 1.165) is 49.7 Å². The predicted molar refractivity (Wildman–Crippen MR) is 160 cm³/mol. The number of benzene rings is 2. The first-order valence-electron chi connectivity index (χ1n) is 13.5. The molecule has 0 amide bonds. The van der Waals surface area contributed by atoms with Crippen molar-refractivity contribution in [3.05, 3.63) is 78.8 Å². The first-order valence-corrected chi connectivity index (χ1v) is 14.2. The van der Waals surface area contributed by atoms with Crippen molar-refractivity contribution in [3.63, 3.8) is 0 Å². The lowest BCUT2D eigenvalue weighted by Gasteiger charge is -2.29. The minimum atomic E-state index is -5.08. The molecule has 234 valence electrons. The van der Waals surface area contributed by atoms with Gasteiger partial charge in [-0.1, -0.05) is 6.92 Å². The second kappa shape index (κ2) is 14.5. The molecule has 4 aromatic rings. The number of pyridine rings is 1. The number of halogens is 5. The van der Waals surface area contributed by atoms with Crippen molar-refractivity contribution in [1.82, 2.24) is 24.4 Å². The average Bonchev–Trinajstić information content (AvgIpc) is 3.47. The number of nitrogens with zero attached hydrogens (tertiary/aromatic N) is 5. The predicted octanol–water partition coefficient (Wildman–Crippen LogP) is 5.85. The van der Waals surface area contributed by atoms with E-state index in [0.29, 0.717) is 11.3 Å². The standard InChI is InChI=1S/C27H29F2N7S.C2HF3O2/c1-3-34(2)37-33-25-17-20(28)16-23(26(25)29)24-18-36(32-27(24)19-8-10-30-11-9-19)22-6-4-21(5-7-22)35-14-12-31-13-15-35;3-2(4,5)1(6)7/h4-11,16-18,31,33H,3,12-15H2,1-2H3;(H,6,7). The lowest BCUT2D eigenvalue weighted by atomic mass is 10.0. The molecule has 5 rings (SSSR count). The maximum atomic E-state index is 15.7. The summed E-state index contributed by atoms with van der Waals surface area (Å²) >= 11 is 1.21. The molecule has 0 bridgehead atoms. The Hall–Kier alpha value is -4.21. The number of hydrogen-bond donors (Lipinski definition) is 3. The number of carbonyl (C=O) groups is 1. The Bertz CT molecular complexity index is 1550. The van der Waals surface area contributed by atoms with Gasteiger partial charge in [-0.05, 0) is 49.5 Å². The van der Waals surface area contributed by atoms with E-state index in [9.17, 15) is 17.6 Å². The molecule has 15 heteroatoms. The molecule has 0 radical (unpaired) electrons. The van der Waals surface area contributed by atoms with E-state index in [-0.39, 0.29) is 11.3 Å². The third kappa shape index (κ3) is 8.24. The van der Waals surface area contributed by atoms with Gasteiger partial charge in [-0.25, -0.2) is 22.6 Å². The molecule has 2 aromatic heterocycles. The number of anilines is 2.